The lowest BCUT2D eigenvalue weighted by Gasteiger charge is -2.42. The molecule has 44 heavy (non-hydrogen) atoms. The molecule has 2 saturated heterocycles. The summed E-state index contributed by atoms with van der Waals surface area (Å²) in [6.07, 6.45) is 10.8. The van der Waals surface area contributed by atoms with E-state index in [9.17, 15) is 9.59 Å². The van der Waals surface area contributed by atoms with E-state index in [2.05, 4.69) is 45.4 Å². The fourth-order valence-electron chi connectivity index (χ4n) is 6.52. The number of nitrogens with zero attached hydrogens (tertiary/aromatic N) is 7. The molecule has 1 saturated carbocycles. The van der Waals surface area contributed by atoms with Crippen molar-refractivity contribution in [3.63, 3.8) is 0 Å². The molecule has 3 aliphatic rings. The van der Waals surface area contributed by atoms with Crippen molar-refractivity contribution in [1.29, 1.82) is 0 Å². The Bertz CT molecular complexity index is 1510. The largest absolute Gasteiger partial charge is 0.359 e. The lowest BCUT2D eigenvalue weighted by Crippen LogP contribution is -2.48. The summed E-state index contributed by atoms with van der Waals surface area (Å²) >= 11 is 8.18. The molecule has 12 nitrogen and oxygen atoms in total. The van der Waals surface area contributed by atoms with E-state index in [1.807, 2.05) is 13.0 Å². The summed E-state index contributed by atoms with van der Waals surface area (Å²) in [5.41, 5.74) is 6.38. The first-order chi connectivity index (χ1) is 21.3. The summed E-state index contributed by atoms with van der Waals surface area (Å²) in [7, 11) is 1.67. The van der Waals surface area contributed by atoms with Gasteiger partial charge >= 0.3 is 0 Å². The lowest BCUT2D eigenvalue weighted by atomic mass is 9.73. The van der Waals surface area contributed by atoms with Gasteiger partial charge in [0.25, 0.3) is 0 Å². The molecule has 4 N–H and O–H groups in total. The Morgan fingerprint density at radius 3 is 2.45 bits per heavy atom. The van der Waals surface area contributed by atoms with E-state index in [0.717, 1.165) is 49.5 Å². The number of carbonyl (C=O) groups is 2. The van der Waals surface area contributed by atoms with Crippen LogP contribution in [-0.2, 0) is 9.59 Å². The minimum absolute atomic E-state index is 0.0205. The van der Waals surface area contributed by atoms with Crippen LogP contribution in [0.5, 0.6) is 0 Å². The van der Waals surface area contributed by atoms with Gasteiger partial charge in [0.1, 0.15) is 22.4 Å². The zero-order valence-electron chi connectivity index (χ0n) is 24.9. The number of ketones is 1. The zero-order chi connectivity index (χ0) is 30.8. The Morgan fingerprint density at radius 1 is 1.05 bits per heavy atom. The van der Waals surface area contributed by atoms with Gasteiger partial charge in [0, 0.05) is 74.8 Å². The van der Waals surface area contributed by atoms with Gasteiger partial charge in [-0.25, -0.2) is 19.9 Å². The van der Waals surface area contributed by atoms with Gasteiger partial charge in [0.05, 0.1) is 17.4 Å². The van der Waals surface area contributed by atoms with Gasteiger partial charge in [0.2, 0.25) is 11.9 Å². The molecule has 0 bridgehead atoms. The molecule has 232 valence electrons. The fraction of sp³-hybridized carbons (Fsp3) is 0.500. The number of rotatable bonds is 7. The van der Waals surface area contributed by atoms with Crippen LogP contribution in [0.25, 0.3) is 0 Å². The van der Waals surface area contributed by atoms with Crippen molar-refractivity contribution in [3.8, 4) is 0 Å². The van der Waals surface area contributed by atoms with E-state index in [0.29, 0.717) is 47.1 Å². The Labute approximate surface area is 266 Å². The van der Waals surface area contributed by atoms with Gasteiger partial charge in [-0.3, -0.25) is 9.59 Å². The second-order valence-electron chi connectivity index (χ2n) is 11.8. The molecule has 0 aromatic carbocycles. The molecule has 3 aromatic heterocycles. The quantitative estimate of drug-likeness (QED) is 0.346. The molecule has 1 spiro atoms. The number of nitrogens with one attached hydrogen (secondary N) is 2. The molecular weight excluding hydrogens is 600 g/mol. The van der Waals surface area contributed by atoms with Crippen molar-refractivity contribution in [2.75, 3.05) is 48.3 Å². The second kappa shape index (κ2) is 12.8. The van der Waals surface area contributed by atoms with E-state index in [1.165, 1.54) is 11.8 Å². The Hall–Kier alpha value is -3.55. The number of halogens is 1. The van der Waals surface area contributed by atoms with Crippen LogP contribution in [0.2, 0.25) is 5.02 Å². The zero-order valence-corrected chi connectivity index (χ0v) is 26.4. The predicted molar refractivity (Wildman–Crippen MR) is 170 cm³/mol. The van der Waals surface area contributed by atoms with Crippen molar-refractivity contribution in [2.24, 2.45) is 23.0 Å². The number of hydrogen-bond acceptors (Lipinski definition) is 12. The van der Waals surface area contributed by atoms with Crippen LogP contribution in [0.3, 0.4) is 0 Å². The highest BCUT2D eigenvalue weighted by Gasteiger charge is 2.50. The molecule has 5 heterocycles. The van der Waals surface area contributed by atoms with E-state index in [1.54, 1.807) is 37.9 Å². The van der Waals surface area contributed by atoms with E-state index >= 15 is 0 Å². The van der Waals surface area contributed by atoms with Crippen molar-refractivity contribution < 1.29 is 9.59 Å². The fourth-order valence-corrected chi connectivity index (χ4v) is 7.54. The van der Waals surface area contributed by atoms with Crippen molar-refractivity contribution in [1.82, 2.24) is 30.2 Å². The lowest BCUT2D eigenvalue weighted by molar-refractivity contribution is -0.125. The molecule has 6 rings (SSSR count). The summed E-state index contributed by atoms with van der Waals surface area (Å²) in [5, 5.41) is 7.12. The topological polar surface area (TPSA) is 155 Å². The first-order valence-electron chi connectivity index (χ1n) is 15.0. The standard InChI is InChI=1S/C30H37ClN10O2S/c1-18-20(42)15-30(26(18)32)7-13-40(14-8-30)23-16-37-24(17-36-23)44-21-3-9-34-27(25(21)31)38-22-4-10-35-29(39-22)41-11-5-19(6-12-41)28(43)33-2/h3-4,9-10,16-19,26H,5-8,11-15,32H2,1-2H3,(H,33,43)(H,34,35,38,39)/t18-,26+/m1/s1. The number of Topliss-reactive ketones (excluding diaryl/α,β-unsaturated/α-hetero) is 1. The SMILES string of the molecule is CNC(=O)C1CCN(c2nccc(Nc3nccc(Sc4cnc(N5CCC6(CC5)CC(=O)[C@@H](C)[C@@H]6N)cn4)c3Cl)n2)CC1. The maximum atomic E-state index is 12.3. The summed E-state index contributed by atoms with van der Waals surface area (Å²) < 4.78 is 0. The van der Waals surface area contributed by atoms with Gasteiger partial charge < -0.3 is 26.2 Å². The van der Waals surface area contributed by atoms with Crippen LogP contribution >= 0.6 is 23.4 Å². The third kappa shape index (κ3) is 6.18. The second-order valence-corrected chi connectivity index (χ2v) is 13.3. The van der Waals surface area contributed by atoms with Crippen LogP contribution in [0, 0.1) is 17.3 Å². The molecule has 0 unspecified atom stereocenters. The highest BCUT2D eigenvalue weighted by molar-refractivity contribution is 7.99. The smallest absolute Gasteiger partial charge is 0.227 e. The van der Waals surface area contributed by atoms with Gasteiger partial charge in [-0.15, -0.1) is 0 Å². The molecule has 2 aliphatic heterocycles. The molecule has 3 aromatic rings. The molecule has 1 aliphatic carbocycles. The maximum absolute atomic E-state index is 12.3. The van der Waals surface area contributed by atoms with Gasteiger partial charge in [0.15, 0.2) is 5.82 Å². The normalized spacial score (nSPS) is 22.0. The Balaban J connectivity index is 1.07. The summed E-state index contributed by atoms with van der Waals surface area (Å²) in [6.45, 7) is 4.98. The number of amides is 1. The maximum Gasteiger partial charge on any atom is 0.227 e. The summed E-state index contributed by atoms with van der Waals surface area (Å²) in [4.78, 5) is 52.2. The molecule has 3 fully saturated rings. The van der Waals surface area contributed by atoms with Crippen molar-refractivity contribution in [3.05, 3.63) is 41.9 Å². The number of anilines is 4. The minimum atomic E-state index is -0.0849. The summed E-state index contributed by atoms with van der Waals surface area (Å²) in [6, 6.07) is 3.54. The average Bonchev–Trinajstić information content (AvgIpc) is 3.26. The van der Waals surface area contributed by atoms with E-state index in [-0.39, 0.29) is 35.0 Å². The number of hydrogen-bond donors (Lipinski definition) is 3. The molecule has 1 amide bonds. The number of pyridine rings is 1. The third-order valence-electron chi connectivity index (χ3n) is 9.33. The highest BCUT2D eigenvalue weighted by atomic mass is 35.5. The van der Waals surface area contributed by atoms with Crippen LogP contribution in [0.15, 0.2) is 46.8 Å². The number of aromatic nitrogens is 5. The number of nitrogens with two attached hydrogens (primary N) is 1. The van der Waals surface area contributed by atoms with Crippen molar-refractivity contribution >= 4 is 58.5 Å². The Morgan fingerprint density at radius 2 is 1.80 bits per heavy atom. The van der Waals surface area contributed by atoms with Crippen LogP contribution in [0.4, 0.5) is 23.4 Å². The van der Waals surface area contributed by atoms with E-state index < -0.39 is 0 Å². The van der Waals surface area contributed by atoms with Crippen LogP contribution < -0.4 is 26.2 Å². The Kier molecular flexibility index (Phi) is 8.88. The molecular formula is C30H37ClN10O2S. The molecule has 14 heteroatoms. The number of carbonyl (C=O) groups excluding carboxylic acids is 2. The van der Waals surface area contributed by atoms with Gasteiger partial charge in [-0.1, -0.05) is 30.3 Å². The van der Waals surface area contributed by atoms with Gasteiger partial charge in [-0.05, 0) is 43.2 Å². The predicted octanol–water partition coefficient (Wildman–Crippen LogP) is 3.70. The monoisotopic (exact) mass is 636 g/mol. The number of piperidine rings is 2. The molecule has 2 atom stereocenters. The average molecular weight is 637 g/mol. The molecule has 0 radical (unpaired) electrons. The third-order valence-corrected chi connectivity index (χ3v) is 10.8. The first-order valence-corrected chi connectivity index (χ1v) is 16.2. The minimum Gasteiger partial charge on any atom is -0.359 e. The summed E-state index contributed by atoms with van der Waals surface area (Å²) in [5.74, 6) is 2.80. The first kappa shape index (κ1) is 30.5. The van der Waals surface area contributed by atoms with Crippen LogP contribution in [-0.4, -0.2) is 75.9 Å². The van der Waals surface area contributed by atoms with Crippen molar-refractivity contribution in [2.45, 2.75) is 55.0 Å². The van der Waals surface area contributed by atoms with Crippen LogP contribution in [0.1, 0.15) is 39.0 Å². The highest BCUT2D eigenvalue weighted by Crippen LogP contribution is 2.46. The van der Waals surface area contributed by atoms with Gasteiger partial charge in [-0.2, -0.15) is 4.98 Å². The van der Waals surface area contributed by atoms with E-state index in [4.69, 9.17) is 17.3 Å².